The maximum absolute atomic E-state index is 10.4. The highest BCUT2D eigenvalue weighted by Gasteiger charge is 2.17. The molecule has 1 fully saturated rings. The lowest BCUT2D eigenvalue weighted by molar-refractivity contribution is 0.0715. The smallest absolute Gasteiger partial charge is 0.150 e. The van der Waals surface area contributed by atoms with Crippen LogP contribution in [0.2, 0.25) is 5.15 Å². The third-order valence-corrected chi connectivity index (χ3v) is 6.98. The van der Waals surface area contributed by atoms with Gasteiger partial charge in [0.15, 0.2) is 0 Å². The third kappa shape index (κ3) is 5.01. The lowest BCUT2D eigenvalue weighted by Crippen LogP contribution is -2.40. The van der Waals surface area contributed by atoms with E-state index in [0.717, 1.165) is 58.2 Å². The van der Waals surface area contributed by atoms with Crippen molar-refractivity contribution in [3.8, 4) is 22.6 Å². The summed E-state index contributed by atoms with van der Waals surface area (Å²) in [6.07, 6.45) is 3.02. The molecule has 1 saturated heterocycles. The van der Waals surface area contributed by atoms with Crippen LogP contribution in [0, 0.1) is 0 Å². The van der Waals surface area contributed by atoms with Gasteiger partial charge in [-0.15, -0.1) is 0 Å². The number of aliphatic hydroxyl groups excluding tert-OH is 1. The Balaban J connectivity index is 1.34. The molecule has 33 heavy (non-hydrogen) atoms. The largest absolute Gasteiger partial charge is 0.491 e. The highest BCUT2D eigenvalue weighted by Crippen LogP contribution is 2.35. The second kappa shape index (κ2) is 10.1. The Labute approximate surface area is 202 Å². The summed E-state index contributed by atoms with van der Waals surface area (Å²) in [4.78, 5) is 11.0. The molecule has 2 aromatic carbocycles. The van der Waals surface area contributed by atoms with Gasteiger partial charge in [0.05, 0.1) is 5.39 Å². The normalized spacial score (nSPS) is 15.6. The second-order valence-corrected chi connectivity index (χ2v) is 9.60. The number of thioether (sulfide) groups is 1. The van der Waals surface area contributed by atoms with E-state index in [1.54, 1.807) is 0 Å². The monoisotopic (exact) mass is 480 g/mol. The minimum absolute atomic E-state index is 0.274. The number of rotatable bonds is 7. The predicted octanol–water partition coefficient (Wildman–Crippen LogP) is 4.53. The molecule has 0 spiro atoms. The fraction of sp³-hybridized carbons (Fsp3) is 0.280. The summed E-state index contributed by atoms with van der Waals surface area (Å²) in [6.45, 7) is 2.98. The highest BCUT2D eigenvalue weighted by atomic mass is 35.5. The number of hydrogen-bond donors (Lipinski definition) is 1. The number of aromatic nitrogens is 3. The van der Waals surface area contributed by atoms with Gasteiger partial charge in [-0.3, -0.25) is 4.90 Å². The van der Waals surface area contributed by atoms with E-state index in [1.807, 2.05) is 77.1 Å². The Kier molecular flexibility index (Phi) is 6.83. The second-order valence-electron chi connectivity index (χ2n) is 8.01. The number of β-amino-alcohol motifs (C(OH)–C–C–N with tert-alkyl or cyclic N) is 1. The fourth-order valence-corrected chi connectivity index (χ4v) is 5.30. The Morgan fingerprint density at radius 3 is 2.55 bits per heavy atom. The van der Waals surface area contributed by atoms with Gasteiger partial charge < -0.3 is 14.4 Å². The van der Waals surface area contributed by atoms with Crippen molar-refractivity contribution in [2.75, 3.05) is 37.7 Å². The van der Waals surface area contributed by atoms with Crippen molar-refractivity contribution in [2.24, 2.45) is 0 Å². The Morgan fingerprint density at radius 1 is 1.03 bits per heavy atom. The van der Waals surface area contributed by atoms with E-state index in [9.17, 15) is 5.11 Å². The van der Waals surface area contributed by atoms with Crippen molar-refractivity contribution in [1.29, 1.82) is 0 Å². The molecule has 3 heterocycles. The number of benzene rings is 2. The van der Waals surface area contributed by atoms with Gasteiger partial charge in [-0.1, -0.05) is 41.9 Å². The maximum atomic E-state index is 10.4. The van der Waals surface area contributed by atoms with Crippen LogP contribution < -0.4 is 4.74 Å². The average Bonchev–Trinajstić information content (AvgIpc) is 3.25. The summed E-state index contributed by atoms with van der Waals surface area (Å²) in [5.41, 5.74) is 3.71. The number of aliphatic hydroxyl groups is 1. The number of para-hydroxylation sites is 1. The van der Waals surface area contributed by atoms with Gasteiger partial charge in [-0.05, 0) is 29.8 Å². The van der Waals surface area contributed by atoms with Crippen LogP contribution >= 0.6 is 23.4 Å². The lowest BCUT2D eigenvalue weighted by Gasteiger charge is -2.28. The van der Waals surface area contributed by atoms with Crippen molar-refractivity contribution in [2.45, 2.75) is 6.10 Å². The van der Waals surface area contributed by atoms with E-state index in [0.29, 0.717) is 11.7 Å². The zero-order chi connectivity index (χ0) is 22.6. The van der Waals surface area contributed by atoms with Gasteiger partial charge in [-0.2, -0.15) is 11.8 Å². The van der Waals surface area contributed by atoms with Crippen molar-refractivity contribution < 1.29 is 9.84 Å². The molecule has 2 aromatic heterocycles. The summed E-state index contributed by atoms with van der Waals surface area (Å²) >= 11 is 8.45. The molecule has 4 aromatic rings. The fourth-order valence-electron chi connectivity index (χ4n) is 4.09. The van der Waals surface area contributed by atoms with Crippen molar-refractivity contribution in [1.82, 2.24) is 19.4 Å². The molecular weight excluding hydrogens is 456 g/mol. The SMILES string of the molecule is OC(COc1ccc(-c2cn(-c3ccccc3)c3ncnc(Cl)c23)cc1)CN1CCSCC1. The lowest BCUT2D eigenvalue weighted by atomic mass is 10.1. The molecule has 1 aliphatic heterocycles. The first kappa shape index (κ1) is 22.2. The van der Waals surface area contributed by atoms with Gasteiger partial charge in [0.2, 0.25) is 0 Å². The summed E-state index contributed by atoms with van der Waals surface area (Å²) in [5, 5.41) is 11.6. The van der Waals surface area contributed by atoms with Crippen LogP contribution in [0.3, 0.4) is 0 Å². The maximum Gasteiger partial charge on any atom is 0.150 e. The third-order valence-electron chi connectivity index (χ3n) is 5.75. The topological polar surface area (TPSA) is 63.4 Å². The predicted molar refractivity (Wildman–Crippen MR) is 135 cm³/mol. The van der Waals surface area contributed by atoms with E-state index < -0.39 is 6.10 Å². The summed E-state index contributed by atoms with van der Waals surface area (Å²) in [5.74, 6) is 2.98. The molecule has 8 heteroatoms. The average molecular weight is 481 g/mol. The minimum atomic E-state index is -0.507. The zero-order valence-corrected chi connectivity index (χ0v) is 19.7. The molecule has 1 aliphatic rings. The van der Waals surface area contributed by atoms with E-state index in [-0.39, 0.29) is 6.61 Å². The van der Waals surface area contributed by atoms with Gasteiger partial charge >= 0.3 is 0 Å². The van der Waals surface area contributed by atoms with Crippen LogP contribution in [0.4, 0.5) is 0 Å². The van der Waals surface area contributed by atoms with E-state index in [1.165, 1.54) is 6.33 Å². The van der Waals surface area contributed by atoms with Crippen LogP contribution in [0.1, 0.15) is 0 Å². The first-order valence-corrected chi connectivity index (χ1v) is 12.5. The number of ether oxygens (including phenoxy) is 1. The highest BCUT2D eigenvalue weighted by molar-refractivity contribution is 7.99. The quantitative estimate of drug-likeness (QED) is 0.392. The molecule has 170 valence electrons. The standard InChI is InChI=1S/C25H25ClN4O2S/c26-24-23-22(15-30(25(23)28-17-27-24)19-4-2-1-3-5-19)18-6-8-21(9-7-18)32-16-20(31)14-29-10-12-33-13-11-29/h1-9,15,17,20,31H,10-14,16H2. The number of fused-ring (bicyclic) bond motifs is 1. The summed E-state index contributed by atoms with van der Waals surface area (Å²) < 4.78 is 7.87. The minimum Gasteiger partial charge on any atom is -0.491 e. The van der Waals surface area contributed by atoms with Crippen LogP contribution in [0.25, 0.3) is 27.8 Å². The molecule has 0 amide bonds. The van der Waals surface area contributed by atoms with Crippen molar-refractivity contribution >= 4 is 34.4 Å². The van der Waals surface area contributed by atoms with Gasteiger partial charge in [-0.25, -0.2) is 9.97 Å². The van der Waals surface area contributed by atoms with Crippen molar-refractivity contribution in [3.63, 3.8) is 0 Å². The Hall–Kier alpha value is -2.58. The molecule has 5 rings (SSSR count). The molecule has 1 atom stereocenters. The van der Waals surface area contributed by atoms with Gasteiger partial charge in [0, 0.05) is 48.6 Å². The molecule has 0 radical (unpaired) electrons. The molecule has 0 aliphatic carbocycles. The number of nitrogens with zero attached hydrogens (tertiary/aromatic N) is 4. The first-order valence-electron chi connectivity index (χ1n) is 11.0. The zero-order valence-electron chi connectivity index (χ0n) is 18.1. The van der Waals surface area contributed by atoms with Gasteiger partial charge in [0.1, 0.15) is 35.6 Å². The Morgan fingerprint density at radius 2 is 1.79 bits per heavy atom. The Bertz CT molecular complexity index is 1210. The number of hydrogen-bond acceptors (Lipinski definition) is 6. The molecule has 0 bridgehead atoms. The molecule has 0 saturated carbocycles. The van der Waals surface area contributed by atoms with Crippen LogP contribution in [-0.2, 0) is 0 Å². The van der Waals surface area contributed by atoms with E-state index in [2.05, 4.69) is 14.9 Å². The molecule has 1 N–H and O–H groups in total. The summed E-state index contributed by atoms with van der Waals surface area (Å²) in [6, 6.07) is 17.9. The summed E-state index contributed by atoms with van der Waals surface area (Å²) in [7, 11) is 0. The molecule has 1 unspecified atom stereocenters. The van der Waals surface area contributed by atoms with E-state index in [4.69, 9.17) is 16.3 Å². The van der Waals surface area contributed by atoms with Gasteiger partial charge in [0.25, 0.3) is 0 Å². The first-order chi connectivity index (χ1) is 16.2. The molecule has 6 nitrogen and oxygen atoms in total. The molecular formula is C25H25ClN4O2S. The van der Waals surface area contributed by atoms with Crippen LogP contribution in [-0.4, -0.2) is 68.4 Å². The number of halogens is 1. The van der Waals surface area contributed by atoms with Crippen LogP contribution in [0.15, 0.2) is 67.1 Å². The van der Waals surface area contributed by atoms with Crippen molar-refractivity contribution in [3.05, 3.63) is 72.3 Å². The van der Waals surface area contributed by atoms with Crippen LogP contribution in [0.5, 0.6) is 5.75 Å². The van der Waals surface area contributed by atoms with E-state index >= 15 is 0 Å².